The second-order valence-corrected chi connectivity index (χ2v) is 8.60. The molecule has 9 heteroatoms. The maximum Gasteiger partial charge on any atom is 0.267 e. The summed E-state index contributed by atoms with van der Waals surface area (Å²) in [5.41, 5.74) is 1.61. The molecule has 160 valence electrons. The monoisotopic (exact) mass is 531 g/mol. The largest absolute Gasteiger partial charge is 0.453 e. The van der Waals surface area contributed by atoms with Crippen molar-refractivity contribution in [2.45, 2.75) is 6.54 Å². The first-order chi connectivity index (χ1) is 15.3. The van der Waals surface area contributed by atoms with Gasteiger partial charge in [-0.25, -0.2) is 4.39 Å². The van der Waals surface area contributed by atoms with Crippen LogP contribution in [0.3, 0.4) is 0 Å². The molecule has 1 heterocycles. The number of amides is 1. The Balaban J connectivity index is 1.53. The van der Waals surface area contributed by atoms with Gasteiger partial charge in [0.15, 0.2) is 11.6 Å². The number of H-pyrrole nitrogens is 1. The molecule has 0 aliphatic carbocycles. The number of aromatic amines is 1. The van der Waals surface area contributed by atoms with Crippen molar-refractivity contribution in [2.24, 2.45) is 0 Å². The van der Waals surface area contributed by atoms with Gasteiger partial charge in [-0.3, -0.25) is 4.79 Å². The van der Waals surface area contributed by atoms with Crippen LogP contribution in [-0.4, -0.2) is 10.9 Å². The predicted molar refractivity (Wildman–Crippen MR) is 125 cm³/mol. The zero-order valence-corrected chi connectivity index (χ0v) is 19.3. The fourth-order valence-electron chi connectivity index (χ4n) is 3.10. The van der Waals surface area contributed by atoms with Crippen LogP contribution in [-0.2, 0) is 6.54 Å². The third kappa shape index (κ3) is 4.73. The van der Waals surface area contributed by atoms with E-state index < -0.39 is 5.82 Å². The van der Waals surface area contributed by atoms with Gasteiger partial charge in [0.05, 0.1) is 16.7 Å². The molecule has 4 aromatic rings. The van der Waals surface area contributed by atoms with E-state index in [2.05, 4.69) is 26.2 Å². The summed E-state index contributed by atoms with van der Waals surface area (Å²) in [7, 11) is 0. The molecule has 1 amide bonds. The van der Waals surface area contributed by atoms with E-state index in [1.807, 2.05) is 24.3 Å². The number of ether oxygens (including phenoxy) is 1. The van der Waals surface area contributed by atoms with Gasteiger partial charge < -0.3 is 15.0 Å². The first kappa shape index (κ1) is 22.2. The Kier molecular flexibility index (Phi) is 6.38. The van der Waals surface area contributed by atoms with Crippen LogP contribution in [0.15, 0.2) is 59.1 Å². The van der Waals surface area contributed by atoms with Crippen LogP contribution < -0.4 is 10.1 Å². The molecule has 0 saturated heterocycles. The zero-order valence-electron chi connectivity index (χ0n) is 16.2. The Morgan fingerprint density at radius 1 is 1.16 bits per heavy atom. The third-order valence-corrected chi connectivity index (χ3v) is 5.63. The summed E-state index contributed by atoms with van der Waals surface area (Å²) < 4.78 is 21.6. The van der Waals surface area contributed by atoms with Crippen LogP contribution in [0.25, 0.3) is 10.9 Å². The van der Waals surface area contributed by atoms with Gasteiger partial charge in [-0.1, -0.05) is 45.2 Å². The number of benzene rings is 3. The van der Waals surface area contributed by atoms with Crippen molar-refractivity contribution in [2.75, 3.05) is 0 Å². The number of nitrogens with zero attached hydrogens (tertiary/aromatic N) is 1. The van der Waals surface area contributed by atoms with Gasteiger partial charge in [0.2, 0.25) is 0 Å². The molecule has 0 bridgehead atoms. The Morgan fingerprint density at radius 3 is 2.75 bits per heavy atom. The molecular weight excluding hydrogens is 520 g/mol. The zero-order chi connectivity index (χ0) is 22.8. The average molecular weight is 533 g/mol. The molecule has 2 N–H and O–H groups in total. The first-order valence-corrected chi connectivity index (χ1v) is 10.8. The van der Waals surface area contributed by atoms with E-state index in [9.17, 15) is 4.79 Å². The van der Waals surface area contributed by atoms with Crippen LogP contribution in [0.1, 0.15) is 21.6 Å². The number of nitrogens with one attached hydrogen (secondary N) is 2. The van der Waals surface area contributed by atoms with Crippen LogP contribution in [0, 0.1) is 17.1 Å². The molecule has 5 nitrogen and oxygen atoms in total. The van der Waals surface area contributed by atoms with Crippen molar-refractivity contribution in [1.29, 1.82) is 5.26 Å². The van der Waals surface area contributed by atoms with E-state index in [4.69, 9.17) is 33.2 Å². The van der Waals surface area contributed by atoms with Gasteiger partial charge >= 0.3 is 0 Å². The Labute approximate surface area is 200 Å². The molecular formula is C23H13BrCl2FN3O2. The molecule has 1 aromatic heterocycles. The maximum absolute atomic E-state index is 15.1. The van der Waals surface area contributed by atoms with E-state index in [1.165, 1.54) is 30.3 Å². The number of aromatic nitrogens is 1. The lowest BCUT2D eigenvalue weighted by atomic mass is 10.2. The number of fused-ring (bicyclic) bond motifs is 1. The van der Waals surface area contributed by atoms with E-state index in [0.717, 1.165) is 15.4 Å². The first-order valence-electron chi connectivity index (χ1n) is 9.26. The molecule has 0 radical (unpaired) electrons. The number of halogens is 4. The summed E-state index contributed by atoms with van der Waals surface area (Å²) in [5, 5.41) is 12.9. The summed E-state index contributed by atoms with van der Waals surface area (Å²) in [6, 6.07) is 16.5. The average Bonchev–Trinajstić information content (AvgIpc) is 3.18. The van der Waals surface area contributed by atoms with Crippen molar-refractivity contribution < 1.29 is 13.9 Å². The Hall–Kier alpha value is -3.05. The number of hydrogen-bond donors (Lipinski definition) is 2. The molecule has 3 aromatic carbocycles. The lowest BCUT2D eigenvalue weighted by molar-refractivity contribution is 0.0946. The molecule has 0 aliphatic rings. The van der Waals surface area contributed by atoms with Crippen LogP contribution >= 0.6 is 39.1 Å². The predicted octanol–water partition coefficient (Wildman–Crippen LogP) is 6.97. The van der Waals surface area contributed by atoms with Gasteiger partial charge in [-0.2, -0.15) is 5.26 Å². The minimum Gasteiger partial charge on any atom is -0.453 e. The molecule has 0 saturated carbocycles. The highest BCUT2D eigenvalue weighted by Crippen LogP contribution is 2.35. The standard InChI is InChI=1S/C23H13BrCl2FN3O2/c24-15-2-4-19-14(7-15)8-20(30-19)23(31)29-11-13-1-3-18(26)22(21(13)27)32-17-6-12(10-28)5-16(25)9-17/h1-9,30H,11H2,(H,29,31). The molecule has 0 atom stereocenters. The van der Waals surface area contributed by atoms with Gasteiger partial charge in [0.1, 0.15) is 11.4 Å². The van der Waals surface area contributed by atoms with Gasteiger partial charge in [0.25, 0.3) is 5.91 Å². The molecule has 32 heavy (non-hydrogen) atoms. The summed E-state index contributed by atoms with van der Waals surface area (Å²) in [5.74, 6) is -1.17. The summed E-state index contributed by atoms with van der Waals surface area (Å²) in [6.07, 6.45) is 0. The number of carbonyl (C=O) groups excluding carboxylic acids is 1. The highest BCUT2D eigenvalue weighted by molar-refractivity contribution is 9.10. The molecule has 0 unspecified atom stereocenters. The van der Waals surface area contributed by atoms with Gasteiger partial charge in [-0.15, -0.1) is 0 Å². The van der Waals surface area contributed by atoms with Crippen molar-refractivity contribution in [3.8, 4) is 17.6 Å². The van der Waals surface area contributed by atoms with Crippen molar-refractivity contribution in [1.82, 2.24) is 10.3 Å². The highest BCUT2D eigenvalue weighted by atomic mass is 79.9. The second kappa shape index (κ2) is 9.21. The summed E-state index contributed by atoms with van der Waals surface area (Å²) in [4.78, 5) is 15.6. The molecule has 4 rings (SSSR count). The normalized spacial score (nSPS) is 10.7. The van der Waals surface area contributed by atoms with Gasteiger partial charge in [-0.05, 0) is 48.5 Å². The van der Waals surface area contributed by atoms with E-state index in [-0.39, 0.29) is 45.1 Å². The minimum absolute atomic E-state index is 0.0391. The summed E-state index contributed by atoms with van der Waals surface area (Å²) >= 11 is 15.5. The smallest absolute Gasteiger partial charge is 0.267 e. The van der Waals surface area contributed by atoms with E-state index in [0.29, 0.717) is 5.69 Å². The van der Waals surface area contributed by atoms with Gasteiger partial charge in [0, 0.05) is 32.5 Å². The maximum atomic E-state index is 15.1. The van der Waals surface area contributed by atoms with Crippen molar-refractivity contribution in [3.05, 3.63) is 91.8 Å². The SMILES string of the molecule is N#Cc1cc(Cl)cc(Oc2c(Cl)ccc(CNC(=O)c3cc4cc(Br)ccc4[nH]3)c2F)c1. The van der Waals surface area contributed by atoms with Crippen molar-refractivity contribution >= 4 is 55.9 Å². The lowest BCUT2D eigenvalue weighted by Crippen LogP contribution is -2.23. The number of rotatable bonds is 5. The fraction of sp³-hybridized carbons (Fsp3) is 0.0435. The topological polar surface area (TPSA) is 77.9 Å². The minimum atomic E-state index is -0.725. The van der Waals surface area contributed by atoms with Crippen LogP contribution in [0.4, 0.5) is 4.39 Å². The van der Waals surface area contributed by atoms with Crippen LogP contribution in [0.5, 0.6) is 11.5 Å². The van der Waals surface area contributed by atoms with Crippen LogP contribution in [0.2, 0.25) is 10.0 Å². The Morgan fingerprint density at radius 2 is 1.97 bits per heavy atom. The number of carbonyl (C=O) groups is 1. The fourth-order valence-corrected chi connectivity index (χ4v) is 3.89. The van der Waals surface area contributed by atoms with E-state index in [1.54, 1.807) is 6.07 Å². The quantitative estimate of drug-likeness (QED) is 0.291. The third-order valence-electron chi connectivity index (χ3n) is 4.62. The number of hydrogen-bond acceptors (Lipinski definition) is 3. The van der Waals surface area contributed by atoms with Crippen molar-refractivity contribution in [3.63, 3.8) is 0 Å². The highest BCUT2D eigenvalue weighted by Gasteiger charge is 2.17. The second-order valence-electron chi connectivity index (χ2n) is 6.84. The van der Waals surface area contributed by atoms with E-state index >= 15 is 4.39 Å². The molecule has 0 fully saturated rings. The molecule has 0 aliphatic heterocycles. The molecule has 0 spiro atoms. The summed E-state index contributed by atoms with van der Waals surface area (Å²) in [6.45, 7) is -0.0871. The Bertz CT molecular complexity index is 1400. The number of nitriles is 1. The lowest BCUT2D eigenvalue weighted by Gasteiger charge is -2.13.